The third kappa shape index (κ3) is 7.73. The van der Waals surface area contributed by atoms with Crippen LogP contribution in [0.2, 0.25) is 5.02 Å². The highest BCUT2D eigenvalue weighted by Crippen LogP contribution is 2.26. The van der Waals surface area contributed by atoms with Crippen molar-refractivity contribution >= 4 is 51.5 Å². The molecule has 4 rings (SSSR count). The van der Waals surface area contributed by atoms with Gasteiger partial charge in [-0.25, -0.2) is 4.98 Å². The van der Waals surface area contributed by atoms with Crippen molar-refractivity contribution in [2.75, 3.05) is 56.6 Å². The topological polar surface area (TPSA) is 95.1 Å². The van der Waals surface area contributed by atoms with Gasteiger partial charge in [0.2, 0.25) is 11.8 Å². The molecule has 1 saturated heterocycles. The normalized spacial score (nSPS) is 13.3. The standard InChI is InChI=1S/C29H34ClN5O4S/c1-20(2)17-35(28(38)21-8-10-23(39-3)11-9-21)18-26(36)32-29-31-22(19-40-29)16-27(37)34-14-12-33(13-15-34)25-7-5-4-6-24(25)30/h4-11,19-20H,12-18H2,1-3H3,(H,31,32,36). The smallest absolute Gasteiger partial charge is 0.254 e. The Balaban J connectivity index is 1.29. The van der Waals surface area contributed by atoms with Gasteiger partial charge in [-0.1, -0.05) is 37.6 Å². The van der Waals surface area contributed by atoms with Crippen LogP contribution in [0.5, 0.6) is 5.75 Å². The number of ether oxygens (including phenoxy) is 1. The van der Waals surface area contributed by atoms with Crippen LogP contribution in [0, 0.1) is 5.92 Å². The van der Waals surface area contributed by atoms with E-state index in [9.17, 15) is 14.4 Å². The zero-order chi connectivity index (χ0) is 28.6. The van der Waals surface area contributed by atoms with Gasteiger partial charge < -0.3 is 24.8 Å². The molecule has 9 nitrogen and oxygen atoms in total. The highest BCUT2D eigenvalue weighted by molar-refractivity contribution is 7.13. The molecule has 1 aliphatic heterocycles. The van der Waals surface area contributed by atoms with Crippen molar-refractivity contribution in [1.82, 2.24) is 14.8 Å². The fourth-order valence-corrected chi connectivity index (χ4v) is 5.51. The van der Waals surface area contributed by atoms with Crippen LogP contribution >= 0.6 is 22.9 Å². The summed E-state index contributed by atoms with van der Waals surface area (Å²) >= 11 is 7.58. The third-order valence-electron chi connectivity index (χ3n) is 6.50. The Morgan fingerprint density at radius 1 is 1.07 bits per heavy atom. The molecule has 212 valence electrons. The molecule has 1 aromatic heterocycles. The summed E-state index contributed by atoms with van der Waals surface area (Å²) in [6.07, 6.45) is 0.161. The van der Waals surface area contributed by atoms with E-state index in [1.54, 1.807) is 36.8 Å². The summed E-state index contributed by atoms with van der Waals surface area (Å²) in [6, 6.07) is 14.5. The number of nitrogens with one attached hydrogen (secondary N) is 1. The van der Waals surface area contributed by atoms with Crippen LogP contribution in [0.1, 0.15) is 29.9 Å². The molecule has 0 unspecified atom stereocenters. The maximum Gasteiger partial charge on any atom is 0.254 e. The SMILES string of the molecule is COc1ccc(C(=O)N(CC(=O)Nc2nc(CC(=O)N3CCN(c4ccccc4Cl)CC3)cs2)CC(C)C)cc1. The van der Waals surface area contributed by atoms with Crippen molar-refractivity contribution in [3.63, 3.8) is 0 Å². The Labute approximate surface area is 243 Å². The van der Waals surface area contributed by atoms with E-state index in [-0.39, 0.29) is 36.6 Å². The summed E-state index contributed by atoms with van der Waals surface area (Å²) in [7, 11) is 1.57. The lowest BCUT2D eigenvalue weighted by atomic mass is 10.1. The molecule has 0 bridgehead atoms. The van der Waals surface area contributed by atoms with E-state index in [2.05, 4.69) is 15.2 Å². The minimum Gasteiger partial charge on any atom is -0.497 e. The van der Waals surface area contributed by atoms with E-state index in [0.717, 1.165) is 5.69 Å². The van der Waals surface area contributed by atoms with E-state index >= 15 is 0 Å². The summed E-state index contributed by atoms with van der Waals surface area (Å²) in [5.74, 6) is 0.258. The van der Waals surface area contributed by atoms with Gasteiger partial charge in [-0.3, -0.25) is 14.4 Å². The number of piperazine rings is 1. The highest BCUT2D eigenvalue weighted by atomic mass is 35.5. The van der Waals surface area contributed by atoms with Gasteiger partial charge in [-0.05, 0) is 42.3 Å². The zero-order valence-electron chi connectivity index (χ0n) is 22.9. The third-order valence-corrected chi connectivity index (χ3v) is 7.63. The van der Waals surface area contributed by atoms with E-state index < -0.39 is 0 Å². The average molecular weight is 584 g/mol. The second-order valence-electron chi connectivity index (χ2n) is 10.00. The fourth-order valence-electron chi connectivity index (χ4n) is 4.53. The second kappa shape index (κ2) is 13.6. The van der Waals surface area contributed by atoms with Crippen LogP contribution in [0.25, 0.3) is 0 Å². The summed E-state index contributed by atoms with van der Waals surface area (Å²) in [4.78, 5) is 48.9. The molecule has 0 aliphatic carbocycles. The second-order valence-corrected chi connectivity index (χ2v) is 11.3. The van der Waals surface area contributed by atoms with Gasteiger partial charge >= 0.3 is 0 Å². The number of thiazole rings is 1. The molecule has 0 radical (unpaired) electrons. The maximum atomic E-state index is 13.1. The molecular weight excluding hydrogens is 550 g/mol. The van der Waals surface area contributed by atoms with Crippen LogP contribution in [0.4, 0.5) is 10.8 Å². The summed E-state index contributed by atoms with van der Waals surface area (Å²) in [5, 5.41) is 5.67. The Kier molecular flexibility index (Phi) is 10.0. The van der Waals surface area contributed by atoms with Gasteiger partial charge in [0.25, 0.3) is 5.91 Å². The van der Waals surface area contributed by atoms with Crippen molar-refractivity contribution < 1.29 is 19.1 Å². The molecule has 11 heteroatoms. The van der Waals surface area contributed by atoms with Crippen LogP contribution in [0.3, 0.4) is 0 Å². The zero-order valence-corrected chi connectivity index (χ0v) is 24.5. The molecule has 3 aromatic rings. The van der Waals surface area contributed by atoms with Crippen LogP contribution in [-0.4, -0.2) is 78.9 Å². The van der Waals surface area contributed by atoms with Crippen molar-refractivity contribution in [1.29, 1.82) is 0 Å². The minimum absolute atomic E-state index is 0.00446. The lowest BCUT2D eigenvalue weighted by molar-refractivity contribution is -0.130. The number of amides is 3. The number of anilines is 2. The first-order valence-electron chi connectivity index (χ1n) is 13.2. The number of nitrogens with zero attached hydrogens (tertiary/aromatic N) is 4. The van der Waals surface area contributed by atoms with Crippen LogP contribution in [0.15, 0.2) is 53.9 Å². The number of rotatable bonds is 10. The van der Waals surface area contributed by atoms with Gasteiger partial charge in [0.05, 0.1) is 29.9 Å². The van der Waals surface area contributed by atoms with Gasteiger partial charge in [0, 0.05) is 43.7 Å². The molecule has 0 saturated carbocycles. The molecule has 0 spiro atoms. The lowest BCUT2D eigenvalue weighted by Crippen LogP contribution is -2.49. The highest BCUT2D eigenvalue weighted by Gasteiger charge is 2.24. The molecule has 1 N–H and O–H groups in total. The van der Waals surface area contributed by atoms with Gasteiger partial charge in [0.15, 0.2) is 5.13 Å². The van der Waals surface area contributed by atoms with E-state index in [1.165, 1.54) is 16.2 Å². The predicted octanol–water partition coefficient (Wildman–Crippen LogP) is 4.43. The minimum atomic E-state index is -0.342. The van der Waals surface area contributed by atoms with Crippen molar-refractivity contribution in [3.8, 4) is 5.75 Å². The molecule has 0 atom stereocenters. The number of hydrogen-bond acceptors (Lipinski definition) is 7. The quantitative estimate of drug-likeness (QED) is 0.379. The molecule has 2 heterocycles. The largest absolute Gasteiger partial charge is 0.497 e. The monoisotopic (exact) mass is 583 g/mol. The Morgan fingerprint density at radius 2 is 1.77 bits per heavy atom. The summed E-state index contributed by atoms with van der Waals surface area (Å²) in [6.45, 7) is 6.93. The summed E-state index contributed by atoms with van der Waals surface area (Å²) in [5.41, 5.74) is 2.07. The first-order valence-corrected chi connectivity index (χ1v) is 14.4. The van der Waals surface area contributed by atoms with Crippen molar-refractivity contribution in [3.05, 3.63) is 70.2 Å². The number of carbonyl (C=O) groups excluding carboxylic acids is 3. The van der Waals surface area contributed by atoms with E-state index in [4.69, 9.17) is 16.3 Å². The Bertz CT molecular complexity index is 1320. The number of methoxy groups -OCH3 is 1. The molecule has 1 aliphatic rings. The fraction of sp³-hybridized carbons (Fsp3) is 0.379. The summed E-state index contributed by atoms with van der Waals surface area (Å²) < 4.78 is 5.17. The Morgan fingerprint density at radius 3 is 2.42 bits per heavy atom. The van der Waals surface area contributed by atoms with Gasteiger partial charge in [-0.2, -0.15) is 0 Å². The maximum absolute atomic E-state index is 13.1. The first-order chi connectivity index (χ1) is 19.2. The number of aromatic nitrogens is 1. The number of halogens is 1. The average Bonchev–Trinajstić information content (AvgIpc) is 3.38. The van der Waals surface area contributed by atoms with Crippen molar-refractivity contribution in [2.24, 2.45) is 5.92 Å². The molecular formula is C29H34ClN5O4S. The van der Waals surface area contributed by atoms with E-state index in [1.807, 2.05) is 43.0 Å². The lowest BCUT2D eigenvalue weighted by Gasteiger charge is -2.36. The number of benzene rings is 2. The molecule has 40 heavy (non-hydrogen) atoms. The van der Waals surface area contributed by atoms with E-state index in [0.29, 0.717) is 59.9 Å². The molecule has 2 aromatic carbocycles. The van der Waals surface area contributed by atoms with Crippen LogP contribution < -0.4 is 15.0 Å². The van der Waals surface area contributed by atoms with Gasteiger partial charge in [-0.15, -0.1) is 11.3 Å². The molecule has 1 fully saturated rings. The number of para-hydroxylation sites is 1. The Hall–Kier alpha value is -3.63. The molecule has 3 amide bonds. The van der Waals surface area contributed by atoms with Gasteiger partial charge in [0.1, 0.15) is 12.3 Å². The van der Waals surface area contributed by atoms with Crippen molar-refractivity contribution in [2.45, 2.75) is 20.3 Å². The number of carbonyl (C=O) groups is 3. The van der Waals surface area contributed by atoms with Crippen LogP contribution in [-0.2, 0) is 16.0 Å². The number of hydrogen-bond donors (Lipinski definition) is 1. The predicted molar refractivity (Wildman–Crippen MR) is 158 cm³/mol. The first kappa shape index (κ1) is 29.4.